The molecule has 35 heavy (non-hydrogen) atoms. The number of carbonyl (C=O) groups excluding carboxylic acids is 3. The van der Waals surface area contributed by atoms with Crippen LogP contribution in [0.3, 0.4) is 0 Å². The maximum atomic E-state index is 13.4. The molecule has 0 bridgehead atoms. The molecule has 2 aromatic carbocycles. The molecule has 0 saturated carbocycles. The highest BCUT2D eigenvalue weighted by molar-refractivity contribution is 6.09. The summed E-state index contributed by atoms with van der Waals surface area (Å²) in [7, 11) is 0. The zero-order valence-corrected chi connectivity index (χ0v) is 19.8. The Morgan fingerprint density at radius 1 is 1.00 bits per heavy atom. The van der Waals surface area contributed by atoms with E-state index in [0.29, 0.717) is 42.9 Å². The van der Waals surface area contributed by atoms with Crippen LogP contribution in [0.15, 0.2) is 48.5 Å². The van der Waals surface area contributed by atoms with Crippen molar-refractivity contribution in [1.82, 2.24) is 14.7 Å². The summed E-state index contributed by atoms with van der Waals surface area (Å²) in [5, 5.41) is 7.62. The van der Waals surface area contributed by atoms with Crippen molar-refractivity contribution < 1.29 is 14.4 Å². The van der Waals surface area contributed by atoms with Gasteiger partial charge in [-0.1, -0.05) is 29.8 Å². The van der Waals surface area contributed by atoms with Gasteiger partial charge >= 0.3 is 0 Å². The van der Waals surface area contributed by atoms with Crippen molar-refractivity contribution in [2.24, 2.45) is 11.7 Å². The van der Waals surface area contributed by atoms with Crippen LogP contribution in [0, 0.1) is 12.8 Å². The minimum Gasteiger partial charge on any atom is -0.369 e. The van der Waals surface area contributed by atoms with E-state index in [-0.39, 0.29) is 23.6 Å². The number of para-hydroxylation sites is 1. The number of rotatable bonds is 5. The van der Waals surface area contributed by atoms with Gasteiger partial charge in [0.1, 0.15) is 0 Å². The van der Waals surface area contributed by atoms with E-state index in [4.69, 9.17) is 5.73 Å². The van der Waals surface area contributed by atoms with E-state index in [2.05, 4.69) is 10.4 Å². The lowest BCUT2D eigenvalue weighted by Gasteiger charge is -2.31. The van der Waals surface area contributed by atoms with E-state index in [0.717, 1.165) is 41.8 Å². The minimum absolute atomic E-state index is 0.167. The number of nitrogens with one attached hydrogen (secondary N) is 1. The first kappa shape index (κ1) is 22.8. The molecule has 0 radical (unpaired) electrons. The molecule has 0 spiro atoms. The average Bonchev–Trinajstić information content (AvgIpc) is 3.48. The Balaban J connectivity index is 1.38. The van der Waals surface area contributed by atoms with Gasteiger partial charge in [-0.3, -0.25) is 14.4 Å². The highest BCUT2D eigenvalue weighted by Gasteiger charge is 2.30. The van der Waals surface area contributed by atoms with Crippen molar-refractivity contribution in [3.05, 3.63) is 76.6 Å². The second-order valence-electron chi connectivity index (χ2n) is 9.34. The molecule has 0 unspecified atom stereocenters. The Labute approximate surface area is 204 Å². The van der Waals surface area contributed by atoms with Crippen LogP contribution in [0.4, 0.5) is 5.69 Å². The van der Waals surface area contributed by atoms with E-state index >= 15 is 0 Å². The van der Waals surface area contributed by atoms with E-state index < -0.39 is 0 Å². The molecular weight excluding hydrogens is 442 g/mol. The number of anilines is 1. The van der Waals surface area contributed by atoms with Gasteiger partial charge in [0.15, 0.2) is 5.69 Å². The molecule has 3 amide bonds. The van der Waals surface area contributed by atoms with Crippen molar-refractivity contribution in [1.29, 1.82) is 0 Å². The fourth-order valence-electron chi connectivity index (χ4n) is 5.02. The first-order chi connectivity index (χ1) is 16.9. The fourth-order valence-corrected chi connectivity index (χ4v) is 5.02. The Morgan fingerprint density at radius 2 is 1.71 bits per heavy atom. The van der Waals surface area contributed by atoms with Crippen LogP contribution >= 0.6 is 0 Å². The summed E-state index contributed by atoms with van der Waals surface area (Å²) in [4.78, 5) is 39.8. The number of benzene rings is 2. The summed E-state index contributed by atoms with van der Waals surface area (Å²) >= 11 is 0. The Bertz CT molecular complexity index is 1290. The molecule has 8 heteroatoms. The van der Waals surface area contributed by atoms with Crippen LogP contribution in [-0.2, 0) is 17.6 Å². The van der Waals surface area contributed by atoms with E-state index in [1.54, 1.807) is 29.2 Å². The smallest absolute Gasteiger partial charge is 0.276 e. The predicted octanol–water partition coefficient (Wildman–Crippen LogP) is 3.26. The van der Waals surface area contributed by atoms with Gasteiger partial charge in [0, 0.05) is 30.3 Å². The number of aromatic nitrogens is 2. The summed E-state index contributed by atoms with van der Waals surface area (Å²) in [6.07, 6.45) is 3.77. The predicted molar refractivity (Wildman–Crippen MR) is 133 cm³/mol. The molecule has 5 rings (SSSR count). The molecule has 2 heterocycles. The summed E-state index contributed by atoms with van der Waals surface area (Å²) in [5.74, 6) is -0.997. The van der Waals surface area contributed by atoms with Crippen molar-refractivity contribution in [2.75, 3.05) is 18.4 Å². The number of nitrogens with two attached hydrogens (primary N) is 1. The highest BCUT2D eigenvalue weighted by atomic mass is 16.2. The SMILES string of the molecule is Cc1ccc(-n2nc(C(=O)Nc3ccccc3C(=O)N3CCC(C(N)=O)CC3)c3c2CCC3)cc1. The molecule has 3 aromatic rings. The molecule has 1 aliphatic heterocycles. The molecule has 1 fully saturated rings. The number of nitrogens with zero attached hydrogens (tertiary/aromatic N) is 3. The highest BCUT2D eigenvalue weighted by Crippen LogP contribution is 2.29. The Morgan fingerprint density at radius 3 is 2.43 bits per heavy atom. The number of hydrogen-bond donors (Lipinski definition) is 2. The number of carbonyl (C=O) groups is 3. The van der Waals surface area contributed by atoms with Crippen LogP contribution < -0.4 is 11.1 Å². The lowest BCUT2D eigenvalue weighted by Crippen LogP contribution is -2.42. The van der Waals surface area contributed by atoms with Gasteiger partial charge in [0.2, 0.25) is 5.91 Å². The molecule has 1 saturated heterocycles. The molecule has 1 aliphatic carbocycles. The van der Waals surface area contributed by atoms with Crippen LogP contribution in [-0.4, -0.2) is 45.5 Å². The lowest BCUT2D eigenvalue weighted by molar-refractivity contribution is -0.123. The monoisotopic (exact) mass is 471 g/mol. The number of piperidine rings is 1. The number of primary amides is 1. The van der Waals surface area contributed by atoms with Gasteiger partial charge in [-0.2, -0.15) is 5.10 Å². The molecule has 8 nitrogen and oxygen atoms in total. The van der Waals surface area contributed by atoms with Gasteiger partial charge < -0.3 is 16.0 Å². The lowest BCUT2D eigenvalue weighted by atomic mass is 9.95. The van der Waals surface area contributed by atoms with Crippen LogP contribution in [0.1, 0.15) is 56.9 Å². The van der Waals surface area contributed by atoms with E-state index in [1.807, 2.05) is 35.9 Å². The van der Waals surface area contributed by atoms with Gasteiger partial charge in [0.25, 0.3) is 11.8 Å². The Kier molecular flexibility index (Phi) is 6.11. The number of hydrogen-bond acceptors (Lipinski definition) is 4. The third-order valence-corrected chi connectivity index (χ3v) is 7.01. The minimum atomic E-state index is -0.318. The fraction of sp³-hybridized carbons (Fsp3) is 0.333. The number of amides is 3. The van der Waals surface area contributed by atoms with E-state index in [9.17, 15) is 14.4 Å². The normalized spacial score (nSPS) is 15.6. The molecular formula is C27H29N5O3. The summed E-state index contributed by atoms with van der Waals surface area (Å²) in [6, 6.07) is 15.1. The van der Waals surface area contributed by atoms with Gasteiger partial charge in [-0.05, 0) is 63.3 Å². The Hall–Kier alpha value is -3.94. The third kappa shape index (κ3) is 4.43. The molecule has 2 aliphatic rings. The quantitative estimate of drug-likeness (QED) is 0.595. The molecule has 0 atom stereocenters. The number of aryl methyl sites for hydroxylation is 1. The second-order valence-corrected chi connectivity index (χ2v) is 9.34. The zero-order chi connectivity index (χ0) is 24.5. The third-order valence-electron chi connectivity index (χ3n) is 7.01. The average molecular weight is 472 g/mol. The summed E-state index contributed by atoms with van der Waals surface area (Å²) in [5.41, 5.74) is 10.8. The maximum Gasteiger partial charge on any atom is 0.276 e. The van der Waals surface area contributed by atoms with Crippen molar-refractivity contribution in [3.8, 4) is 5.69 Å². The van der Waals surface area contributed by atoms with Gasteiger partial charge in [-0.25, -0.2) is 4.68 Å². The molecule has 3 N–H and O–H groups in total. The standard InChI is InChI=1S/C27H29N5O3/c1-17-9-11-19(12-10-17)32-23-8-4-6-21(23)24(30-32)26(34)29-22-7-3-2-5-20(22)27(35)31-15-13-18(14-16-31)25(28)33/h2-3,5,7,9-12,18H,4,6,8,13-16H2,1H3,(H2,28,33)(H,29,34). The summed E-state index contributed by atoms with van der Waals surface area (Å²) in [6.45, 7) is 2.96. The van der Waals surface area contributed by atoms with E-state index in [1.165, 1.54) is 0 Å². The van der Waals surface area contributed by atoms with Crippen LogP contribution in [0.5, 0.6) is 0 Å². The number of fused-ring (bicyclic) bond motifs is 1. The van der Waals surface area contributed by atoms with Crippen LogP contribution in [0.25, 0.3) is 5.69 Å². The number of likely N-dealkylation sites (tertiary alicyclic amines) is 1. The first-order valence-corrected chi connectivity index (χ1v) is 12.1. The van der Waals surface area contributed by atoms with Gasteiger partial charge in [0.05, 0.1) is 16.9 Å². The summed E-state index contributed by atoms with van der Waals surface area (Å²) < 4.78 is 1.87. The largest absolute Gasteiger partial charge is 0.369 e. The zero-order valence-electron chi connectivity index (χ0n) is 19.8. The topological polar surface area (TPSA) is 110 Å². The van der Waals surface area contributed by atoms with Crippen molar-refractivity contribution in [2.45, 2.75) is 39.0 Å². The van der Waals surface area contributed by atoms with Crippen molar-refractivity contribution in [3.63, 3.8) is 0 Å². The second kappa shape index (κ2) is 9.37. The van der Waals surface area contributed by atoms with Crippen molar-refractivity contribution >= 4 is 23.4 Å². The first-order valence-electron chi connectivity index (χ1n) is 12.1. The molecule has 1 aromatic heterocycles. The maximum absolute atomic E-state index is 13.4. The molecule has 180 valence electrons. The van der Waals surface area contributed by atoms with Gasteiger partial charge in [-0.15, -0.1) is 0 Å². The van der Waals surface area contributed by atoms with Crippen LogP contribution in [0.2, 0.25) is 0 Å².